The first-order valence-electron chi connectivity index (χ1n) is 8.09. The van der Waals surface area contributed by atoms with Crippen molar-refractivity contribution in [2.24, 2.45) is 0 Å². The molecule has 0 aliphatic carbocycles. The van der Waals surface area contributed by atoms with Crippen LogP contribution in [0.25, 0.3) is 11.1 Å². The van der Waals surface area contributed by atoms with Crippen LogP contribution in [-0.2, 0) is 5.75 Å². The SMILES string of the molecule is Cc1ccc2oc(SCc3nc(C(=O)Nc4ccccc4F)cs3)nc2c1. The minimum atomic E-state index is -0.483. The maximum atomic E-state index is 13.6. The second-order valence-electron chi connectivity index (χ2n) is 5.80. The normalized spacial score (nSPS) is 11.0. The molecule has 0 radical (unpaired) electrons. The molecule has 0 saturated heterocycles. The van der Waals surface area contributed by atoms with E-state index >= 15 is 0 Å². The Kier molecular flexibility index (Phi) is 4.91. The number of thiazole rings is 1. The Bertz CT molecular complexity index is 1120. The maximum Gasteiger partial charge on any atom is 0.275 e. The molecule has 8 heteroatoms. The van der Waals surface area contributed by atoms with Crippen molar-refractivity contribution in [1.29, 1.82) is 0 Å². The van der Waals surface area contributed by atoms with Crippen LogP contribution in [0.5, 0.6) is 0 Å². The van der Waals surface area contributed by atoms with Crippen molar-refractivity contribution in [3.63, 3.8) is 0 Å². The van der Waals surface area contributed by atoms with E-state index in [1.165, 1.54) is 35.2 Å². The molecule has 4 rings (SSSR count). The number of nitrogens with zero attached hydrogens (tertiary/aromatic N) is 2. The molecule has 5 nitrogen and oxygen atoms in total. The second-order valence-corrected chi connectivity index (χ2v) is 7.67. The number of oxazole rings is 1. The van der Waals surface area contributed by atoms with Crippen molar-refractivity contribution in [2.45, 2.75) is 17.9 Å². The summed E-state index contributed by atoms with van der Waals surface area (Å²) in [5.74, 6) is -0.392. The van der Waals surface area contributed by atoms with E-state index in [2.05, 4.69) is 15.3 Å². The molecule has 0 saturated carbocycles. The minimum Gasteiger partial charge on any atom is -0.431 e. The number of thioether (sulfide) groups is 1. The van der Waals surface area contributed by atoms with Gasteiger partial charge in [-0.3, -0.25) is 4.79 Å². The quantitative estimate of drug-likeness (QED) is 0.463. The van der Waals surface area contributed by atoms with Gasteiger partial charge in [0, 0.05) is 5.38 Å². The van der Waals surface area contributed by atoms with E-state index in [1.54, 1.807) is 17.5 Å². The fraction of sp³-hybridized carbons (Fsp3) is 0.105. The van der Waals surface area contributed by atoms with Gasteiger partial charge in [-0.05, 0) is 36.8 Å². The average molecular weight is 399 g/mol. The molecule has 0 atom stereocenters. The van der Waals surface area contributed by atoms with Gasteiger partial charge in [-0.2, -0.15) is 0 Å². The van der Waals surface area contributed by atoms with E-state index in [1.807, 2.05) is 25.1 Å². The van der Waals surface area contributed by atoms with E-state index in [0.29, 0.717) is 11.0 Å². The highest BCUT2D eigenvalue weighted by molar-refractivity contribution is 7.98. The fourth-order valence-electron chi connectivity index (χ4n) is 2.43. The Balaban J connectivity index is 1.41. The van der Waals surface area contributed by atoms with E-state index in [-0.39, 0.29) is 11.4 Å². The molecular weight excluding hydrogens is 385 g/mol. The Hall–Kier alpha value is -2.71. The first kappa shape index (κ1) is 17.7. The standard InChI is InChI=1S/C19H14FN3O2S2/c1-11-6-7-16-14(8-11)23-19(25-16)27-10-17-21-15(9-26-17)18(24)22-13-5-3-2-4-12(13)20/h2-9H,10H2,1H3,(H,22,24). The summed E-state index contributed by atoms with van der Waals surface area (Å²) < 4.78 is 19.3. The molecule has 27 heavy (non-hydrogen) atoms. The number of benzene rings is 2. The monoisotopic (exact) mass is 399 g/mol. The Labute approximate surface area is 162 Å². The van der Waals surface area contributed by atoms with Crippen LogP contribution in [0.15, 0.2) is 57.5 Å². The summed E-state index contributed by atoms with van der Waals surface area (Å²) in [5, 5.41) is 5.50. The lowest BCUT2D eigenvalue weighted by molar-refractivity contribution is 0.102. The average Bonchev–Trinajstić information content (AvgIpc) is 3.28. The van der Waals surface area contributed by atoms with E-state index < -0.39 is 11.7 Å². The van der Waals surface area contributed by atoms with Crippen molar-refractivity contribution in [2.75, 3.05) is 5.32 Å². The van der Waals surface area contributed by atoms with Crippen LogP contribution in [0.3, 0.4) is 0 Å². The number of carbonyl (C=O) groups excluding carboxylic acids is 1. The van der Waals surface area contributed by atoms with Crippen LogP contribution < -0.4 is 5.32 Å². The van der Waals surface area contributed by atoms with Gasteiger partial charge in [-0.15, -0.1) is 11.3 Å². The fourth-order valence-corrected chi connectivity index (χ4v) is 4.06. The molecule has 0 fully saturated rings. The van der Waals surface area contributed by atoms with Gasteiger partial charge < -0.3 is 9.73 Å². The molecule has 0 unspecified atom stereocenters. The zero-order valence-corrected chi connectivity index (χ0v) is 15.9. The highest BCUT2D eigenvalue weighted by Crippen LogP contribution is 2.28. The number of hydrogen-bond acceptors (Lipinski definition) is 6. The number of para-hydroxylation sites is 1. The lowest BCUT2D eigenvalue weighted by atomic mass is 10.2. The first-order valence-corrected chi connectivity index (χ1v) is 9.95. The largest absolute Gasteiger partial charge is 0.431 e. The number of aryl methyl sites for hydroxylation is 1. The number of anilines is 1. The van der Waals surface area contributed by atoms with Crippen LogP contribution in [0.2, 0.25) is 0 Å². The van der Waals surface area contributed by atoms with Crippen LogP contribution >= 0.6 is 23.1 Å². The number of rotatable bonds is 5. The molecule has 0 bridgehead atoms. The molecule has 1 amide bonds. The molecule has 1 N–H and O–H groups in total. The molecule has 2 aromatic carbocycles. The van der Waals surface area contributed by atoms with Crippen LogP contribution in [0, 0.1) is 12.7 Å². The summed E-state index contributed by atoms with van der Waals surface area (Å²) in [6.07, 6.45) is 0. The van der Waals surface area contributed by atoms with Gasteiger partial charge in [0.25, 0.3) is 11.1 Å². The van der Waals surface area contributed by atoms with Crippen molar-refractivity contribution in [3.05, 3.63) is 69.9 Å². The number of nitrogens with one attached hydrogen (secondary N) is 1. The zero-order chi connectivity index (χ0) is 18.8. The first-order chi connectivity index (χ1) is 13.1. The third-order valence-electron chi connectivity index (χ3n) is 3.75. The zero-order valence-electron chi connectivity index (χ0n) is 14.2. The van der Waals surface area contributed by atoms with Crippen LogP contribution in [0.1, 0.15) is 21.1 Å². The van der Waals surface area contributed by atoms with E-state index in [0.717, 1.165) is 21.7 Å². The van der Waals surface area contributed by atoms with Gasteiger partial charge in [0.15, 0.2) is 5.58 Å². The minimum absolute atomic E-state index is 0.133. The molecular formula is C19H14FN3O2S2. The van der Waals surface area contributed by atoms with Gasteiger partial charge in [0.2, 0.25) is 0 Å². The van der Waals surface area contributed by atoms with Crippen LogP contribution in [0.4, 0.5) is 10.1 Å². The number of amides is 1. The van der Waals surface area contributed by atoms with Crippen molar-refractivity contribution in [1.82, 2.24) is 9.97 Å². The van der Waals surface area contributed by atoms with Gasteiger partial charge >= 0.3 is 0 Å². The van der Waals surface area contributed by atoms with Gasteiger partial charge in [-0.25, -0.2) is 14.4 Å². The topological polar surface area (TPSA) is 68.0 Å². The molecule has 4 aromatic rings. The van der Waals surface area contributed by atoms with E-state index in [9.17, 15) is 9.18 Å². The number of carbonyl (C=O) groups is 1. The smallest absolute Gasteiger partial charge is 0.275 e. The summed E-state index contributed by atoms with van der Waals surface area (Å²) >= 11 is 2.78. The molecule has 0 aliphatic heterocycles. The van der Waals surface area contributed by atoms with Gasteiger partial charge in [0.05, 0.1) is 11.4 Å². The molecule has 136 valence electrons. The van der Waals surface area contributed by atoms with Gasteiger partial charge in [0.1, 0.15) is 22.0 Å². The molecule has 2 heterocycles. The Morgan fingerprint density at radius 3 is 2.96 bits per heavy atom. The predicted molar refractivity (Wildman–Crippen MR) is 105 cm³/mol. The van der Waals surface area contributed by atoms with Crippen molar-refractivity contribution < 1.29 is 13.6 Å². The number of halogens is 1. The van der Waals surface area contributed by atoms with Crippen LogP contribution in [-0.4, -0.2) is 15.9 Å². The maximum absolute atomic E-state index is 13.6. The lowest BCUT2D eigenvalue weighted by Crippen LogP contribution is -2.13. The molecule has 0 aliphatic rings. The summed E-state index contributed by atoms with van der Waals surface area (Å²) in [6, 6.07) is 11.9. The number of aromatic nitrogens is 2. The Morgan fingerprint density at radius 2 is 2.11 bits per heavy atom. The summed E-state index contributed by atoms with van der Waals surface area (Å²) in [4.78, 5) is 21.0. The third kappa shape index (κ3) is 4.01. The number of fused-ring (bicyclic) bond motifs is 1. The lowest BCUT2D eigenvalue weighted by Gasteiger charge is -2.03. The highest BCUT2D eigenvalue weighted by atomic mass is 32.2. The summed E-state index contributed by atoms with van der Waals surface area (Å²) in [7, 11) is 0. The van der Waals surface area contributed by atoms with Crippen molar-refractivity contribution >= 4 is 45.8 Å². The summed E-state index contributed by atoms with van der Waals surface area (Å²) in [5.41, 5.74) is 3.08. The van der Waals surface area contributed by atoms with Gasteiger partial charge in [-0.1, -0.05) is 30.0 Å². The Morgan fingerprint density at radius 1 is 1.26 bits per heavy atom. The second kappa shape index (κ2) is 7.50. The summed E-state index contributed by atoms with van der Waals surface area (Å²) in [6.45, 7) is 2.00. The van der Waals surface area contributed by atoms with E-state index in [4.69, 9.17) is 4.42 Å². The number of hydrogen-bond donors (Lipinski definition) is 1. The third-order valence-corrected chi connectivity index (χ3v) is 5.62. The van der Waals surface area contributed by atoms with Crippen molar-refractivity contribution in [3.8, 4) is 0 Å². The molecule has 2 aromatic heterocycles. The molecule has 0 spiro atoms. The highest BCUT2D eigenvalue weighted by Gasteiger charge is 2.14. The predicted octanol–water partition coefficient (Wildman–Crippen LogP) is 5.28.